The van der Waals surface area contributed by atoms with Crippen molar-refractivity contribution in [1.29, 1.82) is 0 Å². The molecule has 4 nitrogen and oxygen atoms in total. The van der Waals surface area contributed by atoms with Gasteiger partial charge in [-0.15, -0.1) is 11.5 Å². The summed E-state index contributed by atoms with van der Waals surface area (Å²) in [6.07, 6.45) is 14.5. The molecule has 0 amide bonds. The summed E-state index contributed by atoms with van der Waals surface area (Å²) >= 11 is 0. The average molecular weight is 614 g/mol. The summed E-state index contributed by atoms with van der Waals surface area (Å²) in [6, 6.07) is 17.7. The molecule has 0 atom stereocenters. The fraction of sp³-hybridized carbons (Fsp3) is 0.459. The van der Waals surface area contributed by atoms with Crippen molar-refractivity contribution >= 4 is 23.3 Å². The molecule has 0 saturated heterocycles. The predicted octanol–water partition coefficient (Wildman–Crippen LogP) is 9.30. The maximum Gasteiger partial charge on any atom is 2.00 e. The first-order valence-electron chi connectivity index (χ1n) is 15.6. The predicted molar refractivity (Wildman–Crippen MR) is 174 cm³/mol. The van der Waals surface area contributed by atoms with Crippen molar-refractivity contribution in [3.8, 4) is 11.5 Å². The fourth-order valence-electron chi connectivity index (χ4n) is 4.84. The number of hydrogen-bond donors (Lipinski definition) is 0. The number of hydrogen-bond acceptors (Lipinski definition) is 4. The van der Waals surface area contributed by atoms with E-state index in [1.165, 1.54) is 60.1 Å². The largest absolute Gasteiger partial charge is 2.00 e. The average Bonchev–Trinajstić information content (AvgIpc) is 2.96. The Hall–Kier alpha value is -2.91. The van der Waals surface area contributed by atoms with Crippen LogP contribution in [0, 0.1) is 6.92 Å². The summed E-state index contributed by atoms with van der Waals surface area (Å²) in [6.45, 7) is 13.0. The van der Waals surface area contributed by atoms with Crippen LogP contribution in [0.25, 0.3) is 0 Å². The summed E-state index contributed by atoms with van der Waals surface area (Å²) in [4.78, 5) is 9.88. The normalized spacial score (nSPS) is 11.2. The Morgan fingerprint density at radius 2 is 1.14 bits per heavy atom. The van der Waals surface area contributed by atoms with Crippen LogP contribution in [0.1, 0.15) is 107 Å². The van der Waals surface area contributed by atoms with Gasteiger partial charge in [0.1, 0.15) is 0 Å². The van der Waals surface area contributed by atoms with Gasteiger partial charge in [0.15, 0.2) is 0 Å². The molecule has 5 heteroatoms. The molecule has 0 aromatic heterocycles. The van der Waals surface area contributed by atoms with Gasteiger partial charge in [-0.05, 0) is 92.0 Å². The molecule has 0 N–H and O–H groups in total. The van der Waals surface area contributed by atoms with Gasteiger partial charge in [0.2, 0.25) is 0 Å². The van der Waals surface area contributed by atoms with Crippen LogP contribution in [0.3, 0.4) is 0 Å². The quantitative estimate of drug-likeness (QED) is 0.134. The smallest absolute Gasteiger partial charge is 0.873 e. The van der Waals surface area contributed by atoms with E-state index >= 15 is 0 Å². The molecular weight excluding hydrogens is 563 g/mol. The van der Waals surface area contributed by atoms with E-state index in [1.54, 1.807) is 13.0 Å². The molecule has 0 radical (unpaired) electrons. The molecule has 3 aromatic carbocycles. The van der Waals surface area contributed by atoms with Gasteiger partial charge < -0.3 is 10.2 Å². The second-order valence-electron chi connectivity index (χ2n) is 10.8. The molecule has 0 aliphatic carbocycles. The summed E-state index contributed by atoms with van der Waals surface area (Å²) in [5, 5.41) is 21.0. The standard InChI is InChI=1S/C30H44N2.C7H8O2.Ni/c1-6-11-16-30(32-29-20-18-25(13-8-3)27(22-29)15-10-5)23-31-28-19-17-24(12-7-2)26(21-28)14-9-4;1-5-2-3-6(8)7(9)4-5;/h17-23H,6-16H2,1-5H3;2-4,8-9H,1H3;/q;;+2/p-2. The molecule has 0 aliphatic heterocycles. The molecule has 0 aliphatic rings. The SMILES string of the molecule is CCCCC(C=Nc1ccc(CCC)c(CCC)c1)=Nc1ccc(CCC)c(CCC)c1.Cc1ccc([O-])c([O-])c1.[Ni+2]. The van der Waals surface area contributed by atoms with Gasteiger partial charge in [-0.3, -0.25) is 9.98 Å². The number of unbranched alkanes of at least 4 members (excludes halogenated alkanes) is 1. The van der Waals surface area contributed by atoms with Crippen LogP contribution in [-0.2, 0) is 42.2 Å². The maximum atomic E-state index is 10.5. The molecule has 0 bridgehead atoms. The molecule has 0 saturated carbocycles. The van der Waals surface area contributed by atoms with Gasteiger partial charge in [0.05, 0.1) is 17.1 Å². The molecule has 0 spiro atoms. The Morgan fingerprint density at radius 1 is 0.619 bits per heavy atom. The van der Waals surface area contributed by atoms with E-state index in [0.29, 0.717) is 0 Å². The van der Waals surface area contributed by atoms with Gasteiger partial charge in [-0.1, -0.05) is 103 Å². The molecule has 3 aromatic rings. The van der Waals surface area contributed by atoms with Crippen LogP contribution < -0.4 is 10.2 Å². The minimum Gasteiger partial charge on any atom is -0.873 e. The minimum atomic E-state index is -0.430. The molecular formula is C37H50N2NiO2. The number of benzene rings is 3. The second-order valence-corrected chi connectivity index (χ2v) is 10.8. The third-order valence-electron chi connectivity index (χ3n) is 6.98. The summed E-state index contributed by atoms with van der Waals surface area (Å²) in [5.41, 5.74) is 9.88. The van der Waals surface area contributed by atoms with Crippen LogP contribution in [0.5, 0.6) is 11.5 Å². The molecule has 0 fully saturated rings. The third kappa shape index (κ3) is 12.9. The van der Waals surface area contributed by atoms with Crippen molar-refractivity contribution in [2.45, 2.75) is 112 Å². The van der Waals surface area contributed by atoms with E-state index in [0.717, 1.165) is 67.6 Å². The van der Waals surface area contributed by atoms with Crippen LogP contribution >= 0.6 is 0 Å². The number of rotatable bonds is 14. The van der Waals surface area contributed by atoms with Crippen molar-refractivity contribution in [2.24, 2.45) is 9.98 Å². The Labute approximate surface area is 265 Å². The molecule has 230 valence electrons. The Kier molecular flexibility index (Phi) is 18.5. The van der Waals surface area contributed by atoms with Crippen LogP contribution in [0.4, 0.5) is 11.4 Å². The Balaban J connectivity index is 0.000000750. The van der Waals surface area contributed by atoms with Crippen LogP contribution in [0.2, 0.25) is 0 Å². The van der Waals surface area contributed by atoms with E-state index in [9.17, 15) is 10.2 Å². The van der Waals surface area contributed by atoms with Crippen molar-refractivity contribution < 1.29 is 26.7 Å². The zero-order chi connectivity index (χ0) is 30.0. The summed E-state index contributed by atoms with van der Waals surface area (Å²) in [5.74, 6) is -0.851. The number of aliphatic imine (C=N–C) groups is 2. The first-order valence-corrected chi connectivity index (χ1v) is 15.6. The first kappa shape index (κ1) is 37.1. The zero-order valence-corrected chi connectivity index (χ0v) is 27.6. The number of aryl methyl sites for hydroxylation is 5. The second kappa shape index (κ2) is 20.9. The van der Waals surface area contributed by atoms with Crippen molar-refractivity contribution in [3.05, 3.63) is 82.4 Å². The van der Waals surface area contributed by atoms with Gasteiger partial charge in [0, 0.05) is 6.21 Å². The molecule has 3 rings (SSSR count). The van der Waals surface area contributed by atoms with Gasteiger partial charge in [-0.2, -0.15) is 0 Å². The van der Waals surface area contributed by atoms with E-state index in [-0.39, 0.29) is 16.5 Å². The van der Waals surface area contributed by atoms with Crippen molar-refractivity contribution in [2.75, 3.05) is 0 Å². The fourth-order valence-corrected chi connectivity index (χ4v) is 4.84. The third-order valence-corrected chi connectivity index (χ3v) is 6.98. The Bertz CT molecular complexity index is 1270. The van der Waals surface area contributed by atoms with Gasteiger partial charge in [0.25, 0.3) is 0 Å². The molecule has 42 heavy (non-hydrogen) atoms. The van der Waals surface area contributed by atoms with E-state index in [4.69, 9.17) is 9.98 Å². The van der Waals surface area contributed by atoms with Gasteiger partial charge in [-0.25, -0.2) is 0 Å². The maximum absolute atomic E-state index is 10.5. The first-order chi connectivity index (χ1) is 19.8. The van der Waals surface area contributed by atoms with E-state index in [2.05, 4.69) is 71.0 Å². The monoisotopic (exact) mass is 612 g/mol. The Morgan fingerprint density at radius 3 is 1.64 bits per heavy atom. The minimum absolute atomic E-state index is 0. The number of nitrogens with zero attached hydrogens (tertiary/aromatic N) is 2. The van der Waals surface area contributed by atoms with Gasteiger partial charge >= 0.3 is 16.5 Å². The molecule has 0 heterocycles. The summed E-state index contributed by atoms with van der Waals surface area (Å²) in [7, 11) is 0. The van der Waals surface area contributed by atoms with Crippen LogP contribution in [0.15, 0.2) is 64.6 Å². The molecule has 0 unspecified atom stereocenters. The van der Waals surface area contributed by atoms with Crippen molar-refractivity contribution in [1.82, 2.24) is 0 Å². The van der Waals surface area contributed by atoms with Crippen LogP contribution in [-0.4, -0.2) is 11.9 Å². The van der Waals surface area contributed by atoms with E-state index in [1.807, 2.05) is 6.21 Å². The van der Waals surface area contributed by atoms with Crippen molar-refractivity contribution in [3.63, 3.8) is 0 Å². The topological polar surface area (TPSA) is 70.8 Å². The zero-order valence-electron chi connectivity index (χ0n) is 26.6. The van der Waals surface area contributed by atoms with E-state index < -0.39 is 11.5 Å². The summed E-state index contributed by atoms with van der Waals surface area (Å²) < 4.78 is 0.